The van der Waals surface area contributed by atoms with Crippen LogP contribution < -0.4 is 10.5 Å². The lowest BCUT2D eigenvalue weighted by molar-refractivity contribution is 0.110. The first-order valence-corrected chi connectivity index (χ1v) is 7.92. The predicted molar refractivity (Wildman–Crippen MR) is 88.8 cm³/mol. The van der Waals surface area contributed by atoms with Gasteiger partial charge in [-0.15, -0.1) is 0 Å². The van der Waals surface area contributed by atoms with E-state index in [0.29, 0.717) is 6.04 Å². The van der Waals surface area contributed by atoms with Crippen molar-refractivity contribution in [2.24, 2.45) is 0 Å². The third-order valence-corrected chi connectivity index (χ3v) is 3.78. The van der Waals surface area contributed by atoms with E-state index in [0.717, 1.165) is 44.2 Å². The van der Waals surface area contributed by atoms with Crippen LogP contribution in [0.15, 0.2) is 24.3 Å². The third-order valence-electron chi connectivity index (χ3n) is 3.78. The highest BCUT2D eigenvalue weighted by molar-refractivity contribution is 5.41. The van der Waals surface area contributed by atoms with Crippen LogP contribution in [0.3, 0.4) is 0 Å². The largest absolute Gasteiger partial charge is 0.494 e. The van der Waals surface area contributed by atoms with E-state index in [4.69, 9.17) is 15.2 Å². The van der Waals surface area contributed by atoms with Gasteiger partial charge in [0.1, 0.15) is 5.75 Å². The summed E-state index contributed by atoms with van der Waals surface area (Å²) >= 11 is 0. The van der Waals surface area contributed by atoms with Crippen LogP contribution >= 0.6 is 0 Å². The van der Waals surface area contributed by atoms with Crippen LogP contribution in [0.5, 0.6) is 5.75 Å². The fourth-order valence-corrected chi connectivity index (χ4v) is 2.51. The first kappa shape index (κ1) is 17.8. The number of hydrogen-bond donors (Lipinski definition) is 1. The van der Waals surface area contributed by atoms with E-state index in [-0.39, 0.29) is 0 Å². The molecule has 2 N–H and O–H groups in total. The molecule has 0 aliphatic rings. The molecule has 21 heavy (non-hydrogen) atoms. The molecule has 0 aromatic heterocycles. The van der Waals surface area contributed by atoms with Crippen LogP contribution in [-0.2, 0) is 4.74 Å². The molecule has 0 aliphatic heterocycles. The fourth-order valence-electron chi connectivity index (χ4n) is 2.51. The predicted octanol–water partition coefficient (Wildman–Crippen LogP) is 3.17. The fraction of sp³-hybridized carbons (Fsp3) is 0.647. The number of hydrogen-bond acceptors (Lipinski definition) is 4. The van der Waals surface area contributed by atoms with Gasteiger partial charge >= 0.3 is 0 Å². The Labute approximate surface area is 129 Å². The van der Waals surface area contributed by atoms with Gasteiger partial charge in [-0.05, 0) is 43.5 Å². The lowest BCUT2D eigenvalue weighted by Gasteiger charge is -2.30. The molecule has 1 rings (SSSR count). The summed E-state index contributed by atoms with van der Waals surface area (Å²) in [4.78, 5) is 2.51. The molecule has 120 valence electrons. The van der Waals surface area contributed by atoms with Gasteiger partial charge in [0.2, 0.25) is 0 Å². The highest BCUT2D eigenvalue weighted by Crippen LogP contribution is 2.14. The maximum Gasteiger partial charge on any atom is 0.119 e. The van der Waals surface area contributed by atoms with Gasteiger partial charge in [0.15, 0.2) is 0 Å². The lowest BCUT2D eigenvalue weighted by Crippen LogP contribution is -2.38. The molecule has 0 saturated carbocycles. The summed E-state index contributed by atoms with van der Waals surface area (Å²) in [6.07, 6.45) is 3.38. The topological polar surface area (TPSA) is 47.7 Å². The standard InChI is InChI=1S/C17H30N2O2/c1-4-16(5-2)19(12-14-20-3)11-6-13-21-17-9-7-15(18)8-10-17/h7-10,16H,4-6,11-14,18H2,1-3H3. The van der Waals surface area contributed by atoms with Crippen LogP contribution in [-0.4, -0.2) is 44.4 Å². The van der Waals surface area contributed by atoms with Gasteiger partial charge in [0.25, 0.3) is 0 Å². The summed E-state index contributed by atoms with van der Waals surface area (Å²) < 4.78 is 11.0. The Morgan fingerprint density at radius 1 is 1.05 bits per heavy atom. The first-order valence-electron chi connectivity index (χ1n) is 7.92. The number of methoxy groups -OCH3 is 1. The van der Waals surface area contributed by atoms with Gasteiger partial charge in [-0.1, -0.05) is 13.8 Å². The molecule has 0 saturated heterocycles. The van der Waals surface area contributed by atoms with Gasteiger partial charge in [0.05, 0.1) is 13.2 Å². The number of anilines is 1. The zero-order valence-corrected chi connectivity index (χ0v) is 13.7. The molecule has 4 nitrogen and oxygen atoms in total. The number of nitrogens with zero attached hydrogens (tertiary/aromatic N) is 1. The van der Waals surface area contributed by atoms with Crippen LogP contribution in [0.1, 0.15) is 33.1 Å². The molecule has 0 heterocycles. The van der Waals surface area contributed by atoms with Gasteiger partial charge in [-0.25, -0.2) is 0 Å². The molecule has 0 aliphatic carbocycles. The summed E-state index contributed by atoms with van der Waals surface area (Å²) in [5.41, 5.74) is 6.42. The van der Waals surface area contributed by atoms with Gasteiger partial charge in [-0.2, -0.15) is 0 Å². The summed E-state index contributed by atoms with van der Waals surface area (Å²) in [5.74, 6) is 0.884. The van der Waals surface area contributed by atoms with Crippen LogP contribution in [0.4, 0.5) is 5.69 Å². The van der Waals surface area contributed by atoms with E-state index in [9.17, 15) is 0 Å². The van der Waals surface area contributed by atoms with E-state index >= 15 is 0 Å². The van der Waals surface area contributed by atoms with Gasteiger partial charge < -0.3 is 15.2 Å². The van der Waals surface area contributed by atoms with Crippen LogP contribution in [0.2, 0.25) is 0 Å². The minimum atomic E-state index is 0.636. The second kappa shape index (κ2) is 10.5. The van der Waals surface area contributed by atoms with Crippen molar-refractivity contribution in [3.8, 4) is 5.75 Å². The number of rotatable bonds is 11. The molecule has 0 atom stereocenters. The number of nitrogens with two attached hydrogens (primary N) is 1. The molecular formula is C17H30N2O2. The number of nitrogen functional groups attached to an aromatic ring is 1. The second-order valence-corrected chi connectivity index (χ2v) is 5.27. The monoisotopic (exact) mass is 294 g/mol. The molecule has 4 heteroatoms. The Hall–Kier alpha value is -1.26. The zero-order chi connectivity index (χ0) is 15.5. The Morgan fingerprint density at radius 3 is 2.29 bits per heavy atom. The van der Waals surface area contributed by atoms with E-state index < -0.39 is 0 Å². The number of ether oxygens (including phenoxy) is 2. The summed E-state index contributed by atoms with van der Waals surface area (Å²) in [6.45, 7) is 8.05. The van der Waals surface area contributed by atoms with E-state index in [1.54, 1.807) is 7.11 Å². The summed E-state index contributed by atoms with van der Waals surface area (Å²) in [7, 11) is 1.76. The molecule has 0 radical (unpaired) electrons. The zero-order valence-electron chi connectivity index (χ0n) is 13.7. The minimum Gasteiger partial charge on any atom is -0.494 e. The van der Waals surface area contributed by atoms with Crippen molar-refractivity contribution >= 4 is 5.69 Å². The summed E-state index contributed by atoms with van der Waals surface area (Å²) in [6, 6.07) is 8.20. The SMILES string of the molecule is CCC(CC)N(CCCOc1ccc(N)cc1)CCOC. The second-order valence-electron chi connectivity index (χ2n) is 5.27. The molecular weight excluding hydrogens is 264 g/mol. The average Bonchev–Trinajstić information content (AvgIpc) is 2.51. The molecule has 0 amide bonds. The van der Waals surface area contributed by atoms with Crippen molar-refractivity contribution in [1.29, 1.82) is 0 Å². The Kier molecular flexibility index (Phi) is 8.87. The molecule has 0 spiro atoms. The van der Waals surface area contributed by atoms with Crippen molar-refractivity contribution < 1.29 is 9.47 Å². The van der Waals surface area contributed by atoms with Gasteiger partial charge in [-0.3, -0.25) is 4.90 Å². The van der Waals surface area contributed by atoms with Crippen molar-refractivity contribution in [3.63, 3.8) is 0 Å². The summed E-state index contributed by atoms with van der Waals surface area (Å²) in [5, 5.41) is 0. The van der Waals surface area contributed by atoms with E-state index in [1.807, 2.05) is 24.3 Å². The van der Waals surface area contributed by atoms with E-state index in [2.05, 4.69) is 18.7 Å². The highest BCUT2D eigenvalue weighted by atomic mass is 16.5. The van der Waals surface area contributed by atoms with Crippen molar-refractivity contribution in [2.45, 2.75) is 39.2 Å². The van der Waals surface area contributed by atoms with Gasteiger partial charge in [0, 0.05) is 31.9 Å². The van der Waals surface area contributed by atoms with Crippen LogP contribution in [0, 0.1) is 0 Å². The Bertz CT molecular complexity index is 364. The van der Waals surface area contributed by atoms with E-state index in [1.165, 1.54) is 12.8 Å². The quantitative estimate of drug-likeness (QED) is 0.503. The normalized spacial score (nSPS) is 11.3. The number of benzene rings is 1. The molecule has 0 unspecified atom stereocenters. The van der Waals surface area contributed by atoms with Crippen molar-refractivity contribution in [1.82, 2.24) is 4.90 Å². The third kappa shape index (κ3) is 6.82. The average molecular weight is 294 g/mol. The maximum absolute atomic E-state index is 5.75. The van der Waals surface area contributed by atoms with Crippen molar-refractivity contribution in [3.05, 3.63) is 24.3 Å². The first-order chi connectivity index (χ1) is 10.2. The smallest absolute Gasteiger partial charge is 0.119 e. The highest BCUT2D eigenvalue weighted by Gasteiger charge is 2.14. The van der Waals surface area contributed by atoms with Crippen LogP contribution in [0.25, 0.3) is 0 Å². The minimum absolute atomic E-state index is 0.636. The lowest BCUT2D eigenvalue weighted by atomic mass is 10.1. The Balaban J connectivity index is 2.33. The molecule has 0 bridgehead atoms. The maximum atomic E-state index is 5.75. The van der Waals surface area contributed by atoms with Crippen molar-refractivity contribution in [2.75, 3.05) is 39.1 Å². The molecule has 1 aromatic carbocycles. The molecule has 1 aromatic rings. The Morgan fingerprint density at radius 2 is 1.71 bits per heavy atom. The molecule has 0 fully saturated rings.